The van der Waals surface area contributed by atoms with Crippen LogP contribution in [0.15, 0.2) is 0 Å². The summed E-state index contributed by atoms with van der Waals surface area (Å²) in [4.78, 5) is 17.3. The van der Waals surface area contributed by atoms with Crippen LogP contribution in [0.2, 0.25) is 0 Å². The molecule has 138 valence electrons. The summed E-state index contributed by atoms with van der Waals surface area (Å²) in [5.74, 6) is 3.14. The number of nitrogens with zero attached hydrogens (tertiary/aromatic N) is 5. The topological polar surface area (TPSA) is 54.3 Å². The Morgan fingerprint density at radius 3 is 2.52 bits per heavy atom. The molecular formula is C19H31N5O. The molecule has 1 unspecified atom stereocenters. The maximum atomic E-state index is 12.8. The van der Waals surface area contributed by atoms with E-state index >= 15 is 0 Å². The molecule has 0 spiro atoms. The third-order valence-electron chi connectivity index (χ3n) is 6.37. The highest BCUT2D eigenvalue weighted by Crippen LogP contribution is 2.31. The highest BCUT2D eigenvalue weighted by molar-refractivity contribution is 5.79. The molecule has 1 atom stereocenters. The standard InChI is InChI=1S/C19H31N5O/c1-22-17(14-23-10-4-5-11-23)20-21-18(22)16-9-6-12-24(13-16)19(25)15-7-2-3-8-15/h15-16H,2-14H2,1H3. The number of likely N-dealkylation sites (tertiary alicyclic amines) is 2. The molecule has 1 aromatic rings. The van der Waals surface area contributed by atoms with E-state index < -0.39 is 0 Å². The molecule has 3 heterocycles. The second-order valence-corrected chi connectivity index (χ2v) is 8.12. The number of hydrogen-bond donors (Lipinski definition) is 0. The van der Waals surface area contributed by atoms with Crippen molar-refractivity contribution in [2.75, 3.05) is 26.2 Å². The fourth-order valence-electron chi connectivity index (χ4n) is 4.83. The molecule has 4 rings (SSSR count). The molecule has 1 saturated carbocycles. The maximum absolute atomic E-state index is 12.8. The van der Waals surface area contributed by atoms with E-state index in [1.54, 1.807) is 0 Å². The number of carbonyl (C=O) groups excluding carboxylic acids is 1. The Kier molecular flexibility index (Phi) is 5.06. The molecule has 25 heavy (non-hydrogen) atoms. The number of hydrogen-bond acceptors (Lipinski definition) is 4. The minimum Gasteiger partial charge on any atom is -0.342 e. The van der Waals surface area contributed by atoms with Gasteiger partial charge in [-0.25, -0.2) is 0 Å². The predicted octanol–water partition coefficient (Wildman–Crippen LogP) is 2.31. The van der Waals surface area contributed by atoms with Crippen LogP contribution in [0, 0.1) is 5.92 Å². The molecule has 1 aliphatic carbocycles. The molecule has 1 amide bonds. The summed E-state index contributed by atoms with van der Waals surface area (Å²) in [6.07, 6.45) is 9.40. The largest absolute Gasteiger partial charge is 0.342 e. The van der Waals surface area contributed by atoms with E-state index in [2.05, 4.69) is 31.6 Å². The second-order valence-electron chi connectivity index (χ2n) is 8.12. The van der Waals surface area contributed by atoms with Gasteiger partial charge in [0.25, 0.3) is 0 Å². The van der Waals surface area contributed by atoms with Crippen LogP contribution in [0.25, 0.3) is 0 Å². The number of aromatic nitrogens is 3. The van der Waals surface area contributed by atoms with E-state index in [1.165, 1.54) is 38.8 Å². The lowest BCUT2D eigenvalue weighted by Gasteiger charge is -2.34. The molecule has 0 radical (unpaired) electrons. The minimum atomic E-state index is 0.281. The molecular weight excluding hydrogens is 314 g/mol. The Bertz CT molecular complexity index is 601. The molecule has 2 aliphatic heterocycles. The van der Waals surface area contributed by atoms with Crippen molar-refractivity contribution in [2.45, 2.75) is 63.8 Å². The van der Waals surface area contributed by atoms with Gasteiger partial charge in [-0.2, -0.15) is 0 Å². The Morgan fingerprint density at radius 1 is 1.00 bits per heavy atom. The first-order chi connectivity index (χ1) is 12.2. The van der Waals surface area contributed by atoms with Crippen molar-refractivity contribution in [1.82, 2.24) is 24.6 Å². The van der Waals surface area contributed by atoms with Gasteiger partial charge in [0.1, 0.15) is 11.6 Å². The summed E-state index contributed by atoms with van der Waals surface area (Å²) in [7, 11) is 2.10. The van der Waals surface area contributed by atoms with Crippen molar-refractivity contribution in [3.8, 4) is 0 Å². The van der Waals surface area contributed by atoms with Crippen molar-refractivity contribution in [2.24, 2.45) is 13.0 Å². The van der Waals surface area contributed by atoms with Crippen molar-refractivity contribution in [3.63, 3.8) is 0 Å². The second kappa shape index (κ2) is 7.44. The van der Waals surface area contributed by atoms with Gasteiger partial charge < -0.3 is 9.47 Å². The monoisotopic (exact) mass is 345 g/mol. The lowest BCUT2D eigenvalue weighted by molar-refractivity contribution is -0.136. The average molecular weight is 345 g/mol. The zero-order valence-electron chi connectivity index (χ0n) is 15.5. The first-order valence-corrected chi connectivity index (χ1v) is 10.1. The summed E-state index contributed by atoms with van der Waals surface area (Å²) in [5.41, 5.74) is 0. The SMILES string of the molecule is Cn1c(CN2CCCC2)nnc1C1CCCN(C(=O)C2CCCC2)C1. The van der Waals surface area contributed by atoms with Crippen molar-refractivity contribution < 1.29 is 4.79 Å². The fourth-order valence-corrected chi connectivity index (χ4v) is 4.83. The van der Waals surface area contributed by atoms with Crippen LogP contribution in [0.1, 0.15) is 68.9 Å². The number of piperidine rings is 1. The zero-order valence-corrected chi connectivity index (χ0v) is 15.5. The number of rotatable bonds is 4. The van der Waals surface area contributed by atoms with Crippen LogP contribution in [0.4, 0.5) is 0 Å². The van der Waals surface area contributed by atoms with Crippen LogP contribution in [-0.4, -0.2) is 56.7 Å². The van der Waals surface area contributed by atoms with Gasteiger partial charge in [-0.15, -0.1) is 10.2 Å². The van der Waals surface area contributed by atoms with Crippen LogP contribution in [-0.2, 0) is 18.4 Å². The van der Waals surface area contributed by atoms with E-state index in [-0.39, 0.29) is 5.92 Å². The predicted molar refractivity (Wildman–Crippen MR) is 96.0 cm³/mol. The van der Waals surface area contributed by atoms with Crippen LogP contribution in [0.5, 0.6) is 0 Å². The highest BCUT2D eigenvalue weighted by atomic mass is 16.2. The first-order valence-electron chi connectivity index (χ1n) is 10.1. The van der Waals surface area contributed by atoms with Gasteiger partial charge in [-0.3, -0.25) is 9.69 Å². The Morgan fingerprint density at radius 2 is 1.76 bits per heavy atom. The maximum Gasteiger partial charge on any atom is 0.225 e. The van der Waals surface area contributed by atoms with Crippen molar-refractivity contribution in [1.29, 1.82) is 0 Å². The van der Waals surface area contributed by atoms with Gasteiger partial charge in [0, 0.05) is 32.0 Å². The molecule has 1 aromatic heterocycles. The van der Waals surface area contributed by atoms with Crippen LogP contribution in [0.3, 0.4) is 0 Å². The van der Waals surface area contributed by atoms with Crippen molar-refractivity contribution >= 4 is 5.91 Å². The van der Waals surface area contributed by atoms with Gasteiger partial charge in [-0.05, 0) is 51.6 Å². The molecule has 0 bridgehead atoms. The van der Waals surface area contributed by atoms with Gasteiger partial charge >= 0.3 is 0 Å². The Balaban J connectivity index is 1.42. The Hall–Kier alpha value is -1.43. The van der Waals surface area contributed by atoms with E-state index in [0.717, 1.165) is 57.0 Å². The van der Waals surface area contributed by atoms with Gasteiger partial charge in [0.15, 0.2) is 0 Å². The summed E-state index contributed by atoms with van der Waals surface area (Å²) < 4.78 is 2.19. The average Bonchev–Trinajstić information content (AvgIpc) is 3.38. The minimum absolute atomic E-state index is 0.281. The number of carbonyl (C=O) groups is 1. The third kappa shape index (κ3) is 3.59. The van der Waals surface area contributed by atoms with E-state index in [1.807, 2.05) is 0 Å². The summed E-state index contributed by atoms with van der Waals surface area (Å²) in [6, 6.07) is 0. The van der Waals surface area contributed by atoms with Gasteiger partial charge in [0.2, 0.25) is 5.91 Å². The summed E-state index contributed by atoms with van der Waals surface area (Å²) in [5, 5.41) is 8.99. The smallest absolute Gasteiger partial charge is 0.225 e. The Labute approximate surface area is 150 Å². The molecule has 3 fully saturated rings. The lowest BCUT2D eigenvalue weighted by Crippen LogP contribution is -2.42. The van der Waals surface area contributed by atoms with Crippen molar-refractivity contribution in [3.05, 3.63) is 11.6 Å². The van der Waals surface area contributed by atoms with Gasteiger partial charge in [0.05, 0.1) is 6.54 Å². The third-order valence-corrected chi connectivity index (χ3v) is 6.37. The van der Waals surface area contributed by atoms with Crippen LogP contribution < -0.4 is 0 Å². The highest BCUT2D eigenvalue weighted by Gasteiger charge is 2.32. The molecule has 3 aliphatic rings. The molecule has 2 saturated heterocycles. The lowest BCUT2D eigenvalue weighted by atomic mass is 9.95. The van der Waals surface area contributed by atoms with E-state index in [4.69, 9.17) is 0 Å². The normalized spacial score (nSPS) is 25.8. The number of amides is 1. The molecule has 6 nitrogen and oxygen atoms in total. The van der Waals surface area contributed by atoms with E-state index in [0.29, 0.717) is 11.8 Å². The van der Waals surface area contributed by atoms with Gasteiger partial charge in [-0.1, -0.05) is 12.8 Å². The first kappa shape index (κ1) is 17.0. The fraction of sp³-hybridized carbons (Fsp3) is 0.842. The quantitative estimate of drug-likeness (QED) is 0.840. The molecule has 0 N–H and O–H groups in total. The summed E-state index contributed by atoms with van der Waals surface area (Å²) >= 11 is 0. The van der Waals surface area contributed by atoms with Crippen LogP contribution >= 0.6 is 0 Å². The van der Waals surface area contributed by atoms with E-state index in [9.17, 15) is 4.79 Å². The summed E-state index contributed by atoms with van der Waals surface area (Å²) in [6.45, 7) is 5.00. The molecule has 0 aromatic carbocycles. The zero-order chi connectivity index (χ0) is 17.2. The molecule has 6 heteroatoms.